The van der Waals surface area contributed by atoms with Gasteiger partial charge in [0.1, 0.15) is 23.7 Å². The monoisotopic (exact) mass is 494 g/mol. The Bertz CT molecular complexity index is 1480. The summed E-state index contributed by atoms with van der Waals surface area (Å²) in [6.07, 6.45) is 6.31. The van der Waals surface area contributed by atoms with Crippen molar-refractivity contribution in [3.63, 3.8) is 0 Å². The van der Waals surface area contributed by atoms with Gasteiger partial charge < -0.3 is 16.0 Å². The van der Waals surface area contributed by atoms with Gasteiger partial charge in [-0.2, -0.15) is 5.10 Å². The van der Waals surface area contributed by atoms with Gasteiger partial charge in [0.2, 0.25) is 5.91 Å². The maximum Gasteiger partial charge on any atom is 0.256 e. The summed E-state index contributed by atoms with van der Waals surface area (Å²) in [6.45, 7) is 5.11. The number of nitrogens with zero attached hydrogens (tertiary/aromatic N) is 6. The molecule has 1 aliphatic carbocycles. The summed E-state index contributed by atoms with van der Waals surface area (Å²) in [7, 11) is 0. The van der Waals surface area contributed by atoms with Crippen LogP contribution in [0.25, 0.3) is 22.3 Å². The van der Waals surface area contributed by atoms with Crippen molar-refractivity contribution in [2.45, 2.75) is 18.9 Å². The number of pyridine rings is 1. The highest BCUT2D eigenvalue weighted by atomic mass is 16.2. The number of anilines is 2. The lowest BCUT2D eigenvalue weighted by atomic mass is 10.0. The number of carbonyl (C=O) groups is 2. The standard InChI is InChI=1S/C27H26N8O2/c1-2-22(36)34-13-18-11-20(12-19(18)14-34)35-26-23(25(28)30-15-31-26)24(33-35)16-6-8-17(9-7-16)27(37)32-21-5-3-4-10-29-21/h2-10,15,18-20H,1,11-14H2,(H2,28,30,31)(H,29,32,37). The lowest BCUT2D eigenvalue weighted by Gasteiger charge is -2.18. The average molecular weight is 495 g/mol. The van der Waals surface area contributed by atoms with Crippen LogP contribution >= 0.6 is 0 Å². The summed E-state index contributed by atoms with van der Waals surface area (Å²) >= 11 is 0. The third-order valence-corrected chi connectivity index (χ3v) is 7.40. The molecule has 0 bridgehead atoms. The van der Waals surface area contributed by atoms with Crippen LogP contribution in [0.3, 0.4) is 0 Å². The summed E-state index contributed by atoms with van der Waals surface area (Å²) < 4.78 is 1.97. The first-order valence-corrected chi connectivity index (χ1v) is 12.2. The molecule has 4 aromatic rings. The number of hydrogen-bond acceptors (Lipinski definition) is 7. The molecule has 2 amide bonds. The van der Waals surface area contributed by atoms with Gasteiger partial charge in [-0.15, -0.1) is 0 Å². The van der Waals surface area contributed by atoms with E-state index >= 15 is 0 Å². The van der Waals surface area contributed by atoms with Gasteiger partial charge in [0.25, 0.3) is 5.91 Å². The molecule has 3 N–H and O–H groups in total. The Morgan fingerprint density at radius 1 is 1.03 bits per heavy atom. The minimum atomic E-state index is -0.245. The van der Waals surface area contributed by atoms with Gasteiger partial charge in [-0.3, -0.25) is 9.59 Å². The van der Waals surface area contributed by atoms with Crippen LogP contribution < -0.4 is 11.1 Å². The van der Waals surface area contributed by atoms with Gasteiger partial charge in [-0.1, -0.05) is 24.8 Å². The minimum Gasteiger partial charge on any atom is -0.383 e. The topological polar surface area (TPSA) is 132 Å². The first-order valence-electron chi connectivity index (χ1n) is 12.2. The normalized spacial score (nSPS) is 20.6. The van der Waals surface area contributed by atoms with E-state index in [1.165, 1.54) is 12.4 Å². The van der Waals surface area contributed by atoms with Crippen LogP contribution in [-0.2, 0) is 4.79 Å². The largest absolute Gasteiger partial charge is 0.383 e. The zero-order valence-corrected chi connectivity index (χ0v) is 20.1. The highest BCUT2D eigenvalue weighted by molar-refractivity contribution is 6.04. The minimum absolute atomic E-state index is 0.00421. The van der Waals surface area contributed by atoms with E-state index in [2.05, 4.69) is 26.8 Å². The quantitative estimate of drug-likeness (QED) is 0.407. The van der Waals surface area contributed by atoms with Gasteiger partial charge in [0.05, 0.1) is 11.4 Å². The molecule has 6 rings (SSSR count). The van der Waals surface area contributed by atoms with Crippen LogP contribution in [0.1, 0.15) is 29.2 Å². The molecule has 1 saturated heterocycles. The Kier molecular flexibility index (Phi) is 5.63. The third-order valence-electron chi connectivity index (χ3n) is 7.40. The zero-order chi connectivity index (χ0) is 25.5. The number of fused-ring (bicyclic) bond motifs is 2. The molecule has 2 aliphatic rings. The molecule has 10 heteroatoms. The third kappa shape index (κ3) is 4.10. The van der Waals surface area contributed by atoms with Crippen LogP contribution in [0, 0.1) is 11.8 Å². The van der Waals surface area contributed by atoms with E-state index in [-0.39, 0.29) is 17.9 Å². The molecule has 2 unspecified atom stereocenters. The number of nitrogen functional groups attached to an aromatic ring is 1. The second kappa shape index (κ2) is 9.12. The number of hydrogen-bond donors (Lipinski definition) is 2. The number of nitrogens with two attached hydrogens (primary N) is 1. The summed E-state index contributed by atoms with van der Waals surface area (Å²) in [5, 5.41) is 8.46. The fourth-order valence-electron chi connectivity index (χ4n) is 5.63. The Balaban J connectivity index is 1.27. The molecule has 1 aliphatic heterocycles. The predicted molar refractivity (Wildman–Crippen MR) is 139 cm³/mol. The molecule has 186 valence electrons. The lowest BCUT2D eigenvalue weighted by molar-refractivity contribution is -0.125. The molecule has 3 aromatic heterocycles. The van der Waals surface area contributed by atoms with Crippen molar-refractivity contribution >= 4 is 34.5 Å². The van der Waals surface area contributed by atoms with Crippen molar-refractivity contribution in [1.29, 1.82) is 0 Å². The van der Waals surface area contributed by atoms with Crippen molar-refractivity contribution in [2.75, 3.05) is 24.1 Å². The maximum absolute atomic E-state index is 12.6. The SMILES string of the molecule is C=CC(=O)N1CC2CC(n3nc(-c4ccc(C(=O)Nc5ccccn5)cc4)c4c(N)ncnc43)CC2C1. The molecule has 37 heavy (non-hydrogen) atoms. The number of rotatable bonds is 5. The fraction of sp³-hybridized carbons (Fsp3) is 0.259. The van der Waals surface area contributed by atoms with E-state index in [9.17, 15) is 9.59 Å². The van der Waals surface area contributed by atoms with Crippen molar-refractivity contribution < 1.29 is 9.59 Å². The van der Waals surface area contributed by atoms with Crippen LogP contribution in [0.5, 0.6) is 0 Å². The number of carbonyl (C=O) groups excluding carboxylic acids is 2. The molecular weight excluding hydrogens is 468 g/mol. The summed E-state index contributed by atoms with van der Waals surface area (Å²) in [5.74, 6) is 1.45. The van der Waals surface area contributed by atoms with Crippen LogP contribution in [-0.4, -0.2) is 54.5 Å². The van der Waals surface area contributed by atoms with Crippen molar-refractivity contribution in [3.05, 3.63) is 73.2 Å². The molecule has 0 spiro atoms. The van der Waals surface area contributed by atoms with E-state index in [0.29, 0.717) is 45.8 Å². The van der Waals surface area contributed by atoms with Crippen LogP contribution in [0.15, 0.2) is 67.6 Å². The predicted octanol–water partition coefficient (Wildman–Crippen LogP) is 3.32. The van der Waals surface area contributed by atoms with Crippen molar-refractivity contribution in [2.24, 2.45) is 11.8 Å². The van der Waals surface area contributed by atoms with Crippen LogP contribution in [0.4, 0.5) is 11.6 Å². The summed E-state index contributed by atoms with van der Waals surface area (Å²) in [6, 6.07) is 12.7. The number of aromatic nitrogens is 5. The highest BCUT2D eigenvalue weighted by Gasteiger charge is 2.43. The smallest absolute Gasteiger partial charge is 0.256 e. The van der Waals surface area contributed by atoms with E-state index in [1.54, 1.807) is 30.5 Å². The molecule has 0 radical (unpaired) electrons. The average Bonchev–Trinajstić information content (AvgIpc) is 3.61. The number of nitrogens with one attached hydrogen (secondary N) is 1. The van der Waals surface area contributed by atoms with Crippen molar-refractivity contribution in [1.82, 2.24) is 29.6 Å². The van der Waals surface area contributed by atoms with E-state index in [1.807, 2.05) is 27.8 Å². The second-order valence-corrected chi connectivity index (χ2v) is 9.59. The fourth-order valence-corrected chi connectivity index (χ4v) is 5.63. The Morgan fingerprint density at radius 3 is 2.46 bits per heavy atom. The summed E-state index contributed by atoms with van der Waals surface area (Å²) in [4.78, 5) is 39.5. The van der Waals surface area contributed by atoms with Crippen LogP contribution in [0.2, 0.25) is 0 Å². The lowest BCUT2D eigenvalue weighted by Crippen LogP contribution is -2.28. The molecule has 4 heterocycles. The second-order valence-electron chi connectivity index (χ2n) is 9.59. The van der Waals surface area contributed by atoms with E-state index in [0.717, 1.165) is 31.5 Å². The Hall–Kier alpha value is -4.60. The molecule has 1 aromatic carbocycles. The number of amides is 2. The molecular formula is C27H26N8O2. The van der Waals surface area contributed by atoms with Gasteiger partial charge in [-0.25, -0.2) is 19.6 Å². The number of likely N-dealkylation sites (tertiary alicyclic amines) is 1. The van der Waals surface area contributed by atoms with E-state index < -0.39 is 0 Å². The van der Waals surface area contributed by atoms with Gasteiger partial charge in [-0.05, 0) is 55.0 Å². The zero-order valence-electron chi connectivity index (χ0n) is 20.1. The number of benzene rings is 1. The van der Waals surface area contributed by atoms with E-state index in [4.69, 9.17) is 10.8 Å². The maximum atomic E-state index is 12.6. The molecule has 10 nitrogen and oxygen atoms in total. The Morgan fingerprint density at radius 2 is 1.78 bits per heavy atom. The molecule has 2 atom stereocenters. The first-order chi connectivity index (χ1) is 18.0. The molecule has 2 fully saturated rings. The van der Waals surface area contributed by atoms with Crippen molar-refractivity contribution in [3.8, 4) is 11.3 Å². The summed E-state index contributed by atoms with van der Waals surface area (Å²) in [5.41, 5.74) is 9.01. The first kappa shape index (κ1) is 22.8. The van der Waals surface area contributed by atoms with Gasteiger partial charge in [0, 0.05) is 30.4 Å². The van der Waals surface area contributed by atoms with Gasteiger partial charge in [0.15, 0.2) is 5.65 Å². The highest BCUT2D eigenvalue weighted by Crippen LogP contribution is 2.45. The Labute approximate surface area is 213 Å². The van der Waals surface area contributed by atoms with Gasteiger partial charge >= 0.3 is 0 Å². The molecule has 1 saturated carbocycles.